The van der Waals surface area contributed by atoms with Crippen LogP contribution in [0.1, 0.15) is 0 Å². The van der Waals surface area contributed by atoms with E-state index in [0.29, 0.717) is 5.82 Å². The fourth-order valence-electron chi connectivity index (χ4n) is 2.00. The quantitative estimate of drug-likeness (QED) is 0.631. The van der Waals surface area contributed by atoms with Crippen molar-refractivity contribution < 1.29 is 4.79 Å². The largest absolute Gasteiger partial charge is 0.322 e. The lowest BCUT2D eigenvalue weighted by molar-refractivity contribution is -0.117. The smallest absolute Gasteiger partial charge is 0.248 e. The van der Waals surface area contributed by atoms with Crippen LogP contribution in [0, 0.1) is 0 Å². The molecule has 2 aromatic carbocycles. The number of halogens is 4. The summed E-state index contributed by atoms with van der Waals surface area (Å²) in [5, 5.41) is 15.0. The number of nitrogens with zero attached hydrogens (tertiary/aromatic N) is 4. The molecule has 1 heterocycles. The molecule has 3 rings (SSSR count). The van der Waals surface area contributed by atoms with Crippen LogP contribution in [0.25, 0.3) is 11.4 Å². The molecule has 6 nitrogen and oxygen atoms in total. The maximum Gasteiger partial charge on any atom is 0.248 e. The number of hydrogen-bond acceptors (Lipinski definition) is 4. The minimum Gasteiger partial charge on any atom is -0.322 e. The Morgan fingerprint density at radius 3 is 2.32 bits per heavy atom. The molecule has 0 radical (unpaired) electrons. The van der Waals surface area contributed by atoms with Crippen LogP contribution in [-0.4, -0.2) is 26.1 Å². The molecule has 128 valence electrons. The summed E-state index contributed by atoms with van der Waals surface area (Å²) in [6.45, 7) is -0.184. The summed E-state index contributed by atoms with van der Waals surface area (Å²) in [5.74, 6) is -0.0468. The number of anilines is 1. The fraction of sp³-hybridized carbons (Fsp3) is 0.0667. The summed E-state index contributed by atoms with van der Waals surface area (Å²) in [6.07, 6.45) is 0. The summed E-state index contributed by atoms with van der Waals surface area (Å²) >= 11 is 24.0. The van der Waals surface area contributed by atoms with Crippen molar-refractivity contribution in [3.8, 4) is 11.4 Å². The number of amides is 1. The van der Waals surface area contributed by atoms with E-state index in [1.165, 1.54) is 6.07 Å². The highest BCUT2D eigenvalue weighted by atomic mass is 35.5. The third kappa shape index (κ3) is 4.04. The minimum atomic E-state index is -0.459. The van der Waals surface area contributed by atoms with Crippen LogP contribution in [0.3, 0.4) is 0 Å². The second-order valence-corrected chi connectivity index (χ2v) is 6.47. The number of aromatic nitrogens is 4. The number of nitrogens with one attached hydrogen (secondary N) is 1. The molecule has 0 saturated heterocycles. The first-order valence-electron chi connectivity index (χ1n) is 6.92. The van der Waals surface area contributed by atoms with Crippen molar-refractivity contribution in [1.82, 2.24) is 20.2 Å². The average Bonchev–Trinajstić information content (AvgIpc) is 3.06. The van der Waals surface area contributed by atoms with Crippen LogP contribution in [0.5, 0.6) is 0 Å². The molecule has 0 unspecified atom stereocenters. The highest BCUT2D eigenvalue weighted by molar-refractivity contribution is 6.50. The van der Waals surface area contributed by atoms with Gasteiger partial charge < -0.3 is 5.32 Å². The number of carbonyl (C=O) groups excluding carboxylic acids is 1. The highest BCUT2D eigenvalue weighted by Gasteiger charge is 2.17. The lowest BCUT2D eigenvalue weighted by Crippen LogP contribution is -2.21. The van der Waals surface area contributed by atoms with Gasteiger partial charge >= 0.3 is 0 Å². The predicted molar refractivity (Wildman–Crippen MR) is 98.4 cm³/mol. The molecule has 3 aromatic rings. The van der Waals surface area contributed by atoms with E-state index in [1.54, 1.807) is 0 Å². The number of benzene rings is 2. The minimum absolute atomic E-state index is 0.0981. The number of rotatable bonds is 4. The lowest BCUT2D eigenvalue weighted by atomic mass is 10.2. The molecule has 25 heavy (non-hydrogen) atoms. The molecule has 1 N–H and O–H groups in total. The summed E-state index contributed by atoms with van der Waals surface area (Å²) in [5.41, 5.74) is 0.927. The molecule has 0 fully saturated rings. The van der Waals surface area contributed by atoms with Gasteiger partial charge in [0.25, 0.3) is 0 Å². The van der Waals surface area contributed by atoms with Crippen molar-refractivity contribution in [2.24, 2.45) is 0 Å². The van der Waals surface area contributed by atoms with Crippen molar-refractivity contribution in [3.63, 3.8) is 0 Å². The van der Waals surface area contributed by atoms with Crippen molar-refractivity contribution in [2.75, 3.05) is 5.32 Å². The molecule has 0 atom stereocenters. The van der Waals surface area contributed by atoms with Gasteiger partial charge in [0.15, 0.2) is 0 Å². The number of hydrogen-bond donors (Lipinski definition) is 1. The molecular weight excluding hydrogens is 408 g/mol. The van der Waals surface area contributed by atoms with Gasteiger partial charge in [0.05, 0.1) is 25.8 Å². The standard InChI is InChI=1S/C15H9Cl4N5O/c16-9-6-10(17)13(19)14(12(9)18)20-11(25)7-24-22-15(21-23-24)8-4-2-1-3-5-8/h1-6H,7H2,(H,20,25). The SMILES string of the molecule is O=C(Cn1nnc(-c2ccccc2)n1)Nc1c(Cl)c(Cl)cc(Cl)c1Cl. The Bertz CT molecular complexity index is 903. The van der Waals surface area contributed by atoms with Crippen molar-refractivity contribution in [2.45, 2.75) is 6.54 Å². The van der Waals surface area contributed by atoms with E-state index in [9.17, 15) is 4.79 Å². The van der Waals surface area contributed by atoms with E-state index >= 15 is 0 Å². The van der Waals surface area contributed by atoms with Gasteiger partial charge in [0.2, 0.25) is 11.7 Å². The van der Waals surface area contributed by atoms with Crippen LogP contribution in [0.2, 0.25) is 20.1 Å². The third-order valence-electron chi connectivity index (χ3n) is 3.15. The first-order valence-corrected chi connectivity index (χ1v) is 8.43. The molecule has 0 bridgehead atoms. The Hall–Kier alpha value is -1.86. The van der Waals surface area contributed by atoms with Crippen LogP contribution in [0.15, 0.2) is 36.4 Å². The maximum atomic E-state index is 12.2. The van der Waals surface area contributed by atoms with E-state index in [1.807, 2.05) is 30.3 Å². The Balaban J connectivity index is 1.75. The van der Waals surface area contributed by atoms with Gasteiger partial charge in [-0.05, 0) is 11.3 Å². The summed E-state index contributed by atoms with van der Waals surface area (Å²) in [4.78, 5) is 13.4. The summed E-state index contributed by atoms with van der Waals surface area (Å²) < 4.78 is 0. The monoisotopic (exact) mass is 415 g/mol. The van der Waals surface area contributed by atoms with Gasteiger partial charge in [-0.2, -0.15) is 4.80 Å². The first-order chi connectivity index (χ1) is 12.0. The maximum absolute atomic E-state index is 12.2. The van der Waals surface area contributed by atoms with E-state index in [0.717, 1.165) is 10.4 Å². The molecule has 0 aliphatic heterocycles. The zero-order valence-electron chi connectivity index (χ0n) is 12.4. The second kappa shape index (κ2) is 7.58. The van der Waals surface area contributed by atoms with E-state index in [4.69, 9.17) is 46.4 Å². The molecule has 10 heteroatoms. The van der Waals surface area contributed by atoms with Gasteiger partial charge in [0, 0.05) is 5.56 Å². The molecular formula is C15H9Cl4N5O. The van der Waals surface area contributed by atoms with Gasteiger partial charge in [-0.3, -0.25) is 4.79 Å². The normalized spacial score (nSPS) is 10.7. The van der Waals surface area contributed by atoms with Gasteiger partial charge in [-0.1, -0.05) is 76.7 Å². The predicted octanol–water partition coefficient (Wildman–Crippen LogP) is 4.59. The third-order valence-corrected chi connectivity index (χ3v) is 4.72. The van der Waals surface area contributed by atoms with Crippen LogP contribution in [0.4, 0.5) is 5.69 Å². The highest BCUT2D eigenvalue weighted by Crippen LogP contribution is 2.40. The Kier molecular flexibility index (Phi) is 5.44. The first kappa shape index (κ1) is 17.9. The molecule has 0 aliphatic rings. The summed E-state index contributed by atoms with van der Waals surface area (Å²) in [6, 6.07) is 10.7. The van der Waals surface area contributed by atoms with Crippen LogP contribution < -0.4 is 5.32 Å². The van der Waals surface area contributed by atoms with Crippen molar-refractivity contribution in [1.29, 1.82) is 0 Å². The van der Waals surface area contributed by atoms with Crippen molar-refractivity contribution >= 4 is 58.0 Å². The molecule has 0 spiro atoms. The molecule has 0 saturated carbocycles. The van der Waals surface area contributed by atoms with E-state index in [-0.39, 0.29) is 32.3 Å². The van der Waals surface area contributed by atoms with Gasteiger partial charge in [-0.15, -0.1) is 10.2 Å². The van der Waals surface area contributed by atoms with Crippen LogP contribution >= 0.6 is 46.4 Å². The Labute approximate surface area is 162 Å². The average molecular weight is 417 g/mol. The molecule has 0 aliphatic carbocycles. The number of carbonyl (C=O) groups is 1. The second-order valence-electron chi connectivity index (χ2n) is 4.90. The molecule has 1 amide bonds. The molecule has 1 aromatic heterocycles. The topological polar surface area (TPSA) is 72.7 Å². The zero-order chi connectivity index (χ0) is 18.0. The van der Waals surface area contributed by atoms with Gasteiger partial charge in [-0.25, -0.2) is 0 Å². The zero-order valence-corrected chi connectivity index (χ0v) is 15.4. The van der Waals surface area contributed by atoms with Crippen molar-refractivity contribution in [3.05, 3.63) is 56.5 Å². The van der Waals surface area contributed by atoms with Crippen LogP contribution in [-0.2, 0) is 11.3 Å². The van der Waals surface area contributed by atoms with E-state index < -0.39 is 5.91 Å². The van der Waals surface area contributed by atoms with E-state index in [2.05, 4.69) is 20.7 Å². The van der Waals surface area contributed by atoms with Gasteiger partial charge in [0.1, 0.15) is 6.54 Å². The number of tetrazole rings is 1. The Morgan fingerprint density at radius 2 is 1.68 bits per heavy atom. The Morgan fingerprint density at radius 1 is 1.04 bits per heavy atom. The lowest BCUT2D eigenvalue weighted by Gasteiger charge is -2.11. The fourth-order valence-corrected chi connectivity index (χ4v) is 2.91. The summed E-state index contributed by atoms with van der Waals surface area (Å²) in [7, 11) is 0.